The Labute approximate surface area is 140 Å². The van der Waals surface area contributed by atoms with Crippen LogP contribution in [0.5, 0.6) is 0 Å². The molecule has 0 N–H and O–H groups in total. The summed E-state index contributed by atoms with van der Waals surface area (Å²) in [5, 5.41) is 4.80. The molecule has 0 aliphatic carbocycles. The Morgan fingerprint density at radius 2 is 2.10 bits per heavy atom. The minimum absolute atomic E-state index is 0.216. The first-order chi connectivity index (χ1) is 9.97. The SMILES string of the molecule is O=C(OC(Cn1cncn1)c1ccc(Cl)cc1Cl)C(Cl)Cl. The fraction of sp³-hybridized carbons (Fsp3) is 0.250. The highest BCUT2D eigenvalue weighted by Gasteiger charge is 2.24. The lowest BCUT2D eigenvalue weighted by molar-refractivity contribution is -0.148. The van der Waals surface area contributed by atoms with E-state index in [1.165, 1.54) is 17.3 Å². The van der Waals surface area contributed by atoms with Crippen LogP contribution in [0.2, 0.25) is 10.0 Å². The molecular weight excluding hydrogens is 360 g/mol. The second kappa shape index (κ2) is 7.31. The van der Waals surface area contributed by atoms with Gasteiger partial charge < -0.3 is 4.74 Å². The molecule has 21 heavy (non-hydrogen) atoms. The molecule has 0 spiro atoms. The van der Waals surface area contributed by atoms with E-state index in [9.17, 15) is 4.79 Å². The Balaban J connectivity index is 2.28. The third kappa shape index (κ3) is 4.48. The average molecular weight is 369 g/mol. The summed E-state index contributed by atoms with van der Waals surface area (Å²) in [5.74, 6) is -0.769. The molecule has 5 nitrogen and oxygen atoms in total. The monoisotopic (exact) mass is 367 g/mol. The van der Waals surface area contributed by atoms with E-state index in [1.807, 2.05) is 0 Å². The van der Waals surface area contributed by atoms with Crippen LogP contribution in [-0.4, -0.2) is 25.6 Å². The predicted molar refractivity (Wildman–Crippen MR) is 80.8 cm³/mol. The molecular formula is C12H9Cl4N3O2. The van der Waals surface area contributed by atoms with Gasteiger partial charge in [-0.3, -0.25) is 0 Å². The van der Waals surface area contributed by atoms with Crippen LogP contribution in [-0.2, 0) is 16.1 Å². The summed E-state index contributed by atoms with van der Waals surface area (Å²) in [6.45, 7) is 0.216. The van der Waals surface area contributed by atoms with Gasteiger partial charge in [-0.05, 0) is 12.1 Å². The number of carbonyl (C=O) groups is 1. The molecule has 1 aromatic heterocycles. The maximum atomic E-state index is 11.6. The number of carbonyl (C=O) groups excluding carboxylic acids is 1. The van der Waals surface area contributed by atoms with Gasteiger partial charge in [-0.2, -0.15) is 5.10 Å². The second-order valence-electron chi connectivity index (χ2n) is 4.01. The number of alkyl halides is 2. The summed E-state index contributed by atoms with van der Waals surface area (Å²) in [6, 6.07) is 4.86. The van der Waals surface area contributed by atoms with Gasteiger partial charge in [-0.25, -0.2) is 14.5 Å². The van der Waals surface area contributed by atoms with Gasteiger partial charge in [0.15, 0.2) is 0 Å². The molecule has 0 aliphatic rings. The third-order valence-electron chi connectivity index (χ3n) is 2.57. The Morgan fingerprint density at radius 1 is 1.33 bits per heavy atom. The normalized spacial score (nSPS) is 12.4. The van der Waals surface area contributed by atoms with Gasteiger partial charge in [0.1, 0.15) is 18.8 Å². The molecule has 2 rings (SSSR count). The minimum Gasteiger partial charge on any atom is -0.453 e. The third-order valence-corrected chi connectivity index (χ3v) is 3.48. The lowest BCUT2D eigenvalue weighted by Gasteiger charge is -2.19. The Hall–Kier alpha value is -1.01. The van der Waals surface area contributed by atoms with Crippen molar-refractivity contribution in [3.8, 4) is 0 Å². The second-order valence-corrected chi connectivity index (χ2v) is 5.95. The Morgan fingerprint density at radius 3 is 2.67 bits per heavy atom. The molecule has 0 amide bonds. The van der Waals surface area contributed by atoms with Crippen molar-refractivity contribution >= 4 is 52.4 Å². The van der Waals surface area contributed by atoms with Crippen molar-refractivity contribution in [1.29, 1.82) is 0 Å². The predicted octanol–water partition coefficient (Wildman–Crippen LogP) is 3.67. The quantitative estimate of drug-likeness (QED) is 0.596. The maximum absolute atomic E-state index is 11.6. The Bertz CT molecular complexity index is 619. The van der Waals surface area contributed by atoms with Crippen LogP contribution in [0, 0.1) is 0 Å². The van der Waals surface area contributed by atoms with Crippen molar-refractivity contribution in [2.75, 3.05) is 0 Å². The summed E-state index contributed by atoms with van der Waals surface area (Å²) in [4.78, 5) is 14.2. The molecule has 1 aromatic carbocycles. The van der Waals surface area contributed by atoms with Crippen molar-refractivity contribution in [2.45, 2.75) is 17.5 Å². The zero-order valence-electron chi connectivity index (χ0n) is 10.4. The number of halogens is 4. The van der Waals surface area contributed by atoms with Crippen LogP contribution >= 0.6 is 46.4 Å². The first-order valence-electron chi connectivity index (χ1n) is 5.73. The van der Waals surface area contributed by atoms with Crippen LogP contribution < -0.4 is 0 Å². The number of benzene rings is 1. The summed E-state index contributed by atoms with van der Waals surface area (Å²) >= 11 is 23.0. The summed E-state index contributed by atoms with van der Waals surface area (Å²) in [5.41, 5.74) is 0.568. The fourth-order valence-electron chi connectivity index (χ4n) is 1.65. The molecule has 112 valence electrons. The smallest absolute Gasteiger partial charge is 0.340 e. The number of nitrogens with zero attached hydrogens (tertiary/aromatic N) is 3. The molecule has 1 atom stereocenters. The van der Waals surface area contributed by atoms with Gasteiger partial charge in [0, 0.05) is 15.6 Å². The molecule has 0 saturated heterocycles. The molecule has 0 aliphatic heterocycles. The first-order valence-corrected chi connectivity index (χ1v) is 7.36. The highest BCUT2D eigenvalue weighted by atomic mass is 35.5. The van der Waals surface area contributed by atoms with Gasteiger partial charge in [-0.15, -0.1) is 0 Å². The molecule has 0 radical (unpaired) electrons. The minimum atomic E-state index is -1.28. The average Bonchev–Trinajstić information content (AvgIpc) is 2.90. The van der Waals surface area contributed by atoms with E-state index in [-0.39, 0.29) is 6.54 Å². The van der Waals surface area contributed by atoms with E-state index in [1.54, 1.807) is 18.2 Å². The Kier molecular flexibility index (Phi) is 5.70. The molecule has 2 aromatic rings. The lowest BCUT2D eigenvalue weighted by Crippen LogP contribution is -2.21. The van der Waals surface area contributed by atoms with Crippen molar-refractivity contribution < 1.29 is 9.53 Å². The number of ether oxygens (including phenoxy) is 1. The van der Waals surface area contributed by atoms with E-state index in [0.717, 1.165) is 0 Å². The van der Waals surface area contributed by atoms with E-state index in [4.69, 9.17) is 51.1 Å². The summed E-state index contributed by atoms with van der Waals surface area (Å²) < 4.78 is 6.77. The van der Waals surface area contributed by atoms with Crippen molar-refractivity contribution in [3.05, 3.63) is 46.5 Å². The zero-order valence-corrected chi connectivity index (χ0v) is 13.4. The number of hydrogen-bond acceptors (Lipinski definition) is 4. The number of aromatic nitrogens is 3. The van der Waals surface area contributed by atoms with Crippen LogP contribution in [0.1, 0.15) is 11.7 Å². The maximum Gasteiger partial charge on any atom is 0.340 e. The van der Waals surface area contributed by atoms with Crippen LogP contribution in [0.3, 0.4) is 0 Å². The summed E-state index contributed by atoms with van der Waals surface area (Å²) in [6.07, 6.45) is 2.14. The number of esters is 1. The van der Waals surface area contributed by atoms with E-state index < -0.39 is 16.9 Å². The van der Waals surface area contributed by atoms with Gasteiger partial charge in [-0.1, -0.05) is 52.5 Å². The van der Waals surface area contributed by atoms with Crippen LogP contribution in [0.25, 0.3) is 0 Å². The fourth-order valence-corrected chi connectivity index (χ4v) is 2.28. The van der Waals surface area contributed by atoms with Crippen molar-refractivity contribution in [2.24, 2.45) is 0 Å². The van der Waals surface area contributed by atoms with Crippen LogP contribution in [0.15, 0.2) is 30.9 Å². The van der Waals surface area contributed by atoms with E-state index >= 15 is 0 Å². The van der Waals surface area contributed by atoms with Crippen LogP contribution in [0.4, 0.5) is 0 Å². The molecule has 1 unspecified atom stereocenters. The van der Waals surface area contributed by atoms with Crippen molar-refractivity contribution in [1.82, 2.24) is 14.8 Å². The molecule has 9 heteroatoms. The zero-order chi connectivity index (χ0) is 15.4. The number of hydrogen-bond donors (Lipinski definition) is 0. The van der Waals surface area contributed by atoms with Crippen molar-refractivity contribution in [3.63, 3.8) is 0 Å². The topological polar surface area (TPSA) is 57.0 Å². The van der Waals surface area contributed by atoms with Gasteiger partial charge >= 0.3 is 5.97 Å². The molecule has 0 bridgehead atoms. The van der Waals surface area contributed by atoms with E-state index in [0.29, 0.717) is 15.6 Å². The number of rotatable bonds is 5. The lowest BCUT2D eigenvalue weighted by atomic mass is 10.1. The van der Waals surface area contributed by atoms with Gasteiger partial charge in [0.25, 0.3) is 0 Å². The molecule has 0 fully saturated rings. The largest absolute Gasteiger partial charge is 0.453 e. The standard InChI is InChI=1S/C12H9Cl4N3O2/c13-7-1-2-8(9(14)3-7)10(21-12(20)11(15)16)4-19-6-17-5-18-19/h1-3,5-6,10-11H,4H2. The first kappa shape index (κ1) is 16.4. The molecule has 0 saturated carbocycles. The highest BCUT2D eigenvalue weighted by Crippen LogP contribution is 2.30. The van der Waals surface area contributed by atoms with E-state index in [2.05, 4.69) is 10.1 Å². The van der Waals surface area contributed by atoms with Gasteiger partial charge in [0.2, 0.25) is 4.84 Å². The summed E-state index contributed by atoms with van der Waals surface area (Å²) in [7, 11) is 0. The van der Waals surface area contributed by atoms with Gasteiger partial charge in [0.05, 0.1) is 6.54 Å². The molecule has 1 heterocycles. The highest BCUT2D eigenvalue weighted by molar-refractivity contribution is 6.52.